The SMILES string of the molecule is CCNC1CC(c2ccc(Br)s2)Oc2ccc(C)cc21. The van der Waals surface area contributed by atoms with Gasteiger partial charge < -0.3 is 10.1 Å². The van der Waals surface area contributed by atoms with E-state index >= 15 is 0 Å². The lowest BCUT2D eigenvalue weighted by atomic mass is 9.94. The number of halogens is 1. The number of hydrogen-bond acceptors (Lipinski definition) is 3. The first-order chi connectivity index (χ1) is 9.67. The Bertz CT molecular complexity index is 610. The van der Waals surface area contributed by atoms with E-state index in [1.165, 1.54) is 16.0 Å². The number of aryl methyl sites for hydroxylation is 1. The van der Waals surface area contributed by atoms with Crippen molar-refractivity contribution in [3.8, 4) is 5.75 Å². The molecular weight excluding hydrogens is 334 g/mol. The maximum absolute atomic E-state index is 6.21. The number of ether oxygens (including phenoxy) is 1. The van der Waals surface area contributed by atoms with Crippen molar-refractivity contribution in [1.82, 2.24) is 5.32 Å². The van der Waals surface area contributed by atoms with Crippen LogP contribution in [0.5, 0.6) is 5.75 Å². The molecule has 0 radical (unpaired) electrons. The molecule has 2 aromatic rings. The van der Waals surface area contributed by atoms with Crippen molar-refractivity contribution in [2.45, 2.75) is 32.4 Å². The number of thiophene rings is 1. The first-order valence-electron chi connectivity index (χ1n) is 6.93. The van der Waals surface area contributed by atoms with Crippen LogP contribution in [0.3, 0.4) is 0 Å². The van der Waals surface area contributed by atoms with Crippen LogP contribution < -0.4 is 10.1 Å². The van der Waals surface area contributed by atoms with Crippen LogP contribution in [-0.2, 0) is 0 Å². The van der Waals surface area contributed by atoms with Crippen molar-refractivity contribution in [3.63, 3.8) is 0 Å². The Balaban J connectivity index is 1.94. The van der Waals surface area contributed by atoms with Crippen LogP contribution >= 0.6 is 27.3 Å². The highest BCUT2D eigenvalue weighted by atomic mass is 79.9. The van der Waals surface area contributed by atoms with Crippen molar-refractivity contribution in [3.05, 3.63) is 50.1 Å². The molecule has 4 heteroatoms. The minimum atomic E-state index is 0.144. The Labute approximate surface area is 132 Å². The van der Waals surface area contributed by atoms with Gasteiger partial charge in [-0.25, -0.2) is 0 Å². The average molecular weight is 352 g/mol. The van der Waals surface area contributed by atoms with Crippen LogP contribution in [0.2, 0.25) is 0 Å². The molecule has 0 amide bonds. The fourth-order valence-electron chi connectivity index (χ4n) is 2.71. The zero-order chi connectivity index (χ0) is 14.1. The molecule has 0 bridgehead atoms. The summed E-state index contributed by atoms with van der Waals surface area (Å²) in [4.78, 5) is 1.28. The van der Waals surface area contributed by atoms with Crippen LogP contribution in [0, 0.1) is 6.92 Å². The second-order valence-electron chi connectivity index (χ2n) is 5.14. The van der Waals surface area contributed by atoms with Gasteiger partial charge in [-0.05, 0) is 47.6 Å². The van der Waals surface area contributed by atoms with Crippen molar-refractivity contribution in [1.29, 1.82) is 0 Å². The zero-order valence-electron chi connectivity index (χ0n) is 11.7. The summed E-state index contributed by atoms with van der Waals surface area (Å²) in [6.45, 7) is 5.26. The second kappa shape index (κ2) is 5.88. The highest BCUT2D eigenvalue weighted by molar-refractivity contribution is 9.11. The zero-order valence-corrected chi connectivity index (χ0v) is 14.1. The second-order valence-corrected chi connectivity index (χ2v) is 7.63. The van der Waals surface area contributed by atoms with Gasteiger partial charge in [-0.15, -0.1) is 11.3 Å². The van der Waals surface area contributed by atoms with Gasteiger partial charge in [-0.1, -0.05) is 24.6 Å². The number of hydrogen-bond donors (Lipinski definition) is 1. The van der Waals surface area contributed by atoms with Gasteiger partial charge in [-0.3, -0.25) is 0 Å². The van der Waals surface area contributed by atoms with E-state index in [1.54, 1.807) is 11.3 Å². The fraction of sp³-hybridized carbons (Fsp3) is 0.375. The Morgan fingerprint density at radius 2 is 2.20 bits per heavy atom. The third-order valence-electron chi connectivity index (χ3n) is 3.62. The molecule has 0 fully saturated rings. The Morgan fingerprint density at radius 1 is 1.35 bits per heavy atom. The maximum Gasteiger partial charge on any atom is 0.135 e. The largest absolute Gasteiger partial charge is 0.484 e. The molecule has 2 unspecified atom stereocenters. The molecule has 1 aromatic carbocycles. The molecule has 0 spiro atoms. The number of rotatable bonds is 3. The van der Waals surface area contributed by atoms with E-state index in [4.69, 9.17) is 4.74 Å². The van der Waals surface area contributed by atoms with Crippen molar-refractivity contribution in [2.24, 2.45) is 0 Å². The predicted octanol–water partition coefficient (Wildman–Crippen LogP) is 4.99. The quantitative estimate of drug-likeness (QED) is 0.840. The summed E-state index contributed by atoms with van der Waals surface area (Å²) in [5, 5.41) is 3.59. The van der Waals surface area contributed by atoms with E-state index in [0.29, 0.717) is 6.04 Å². The summed E-state index contributed by atoms with van der Waals surface area (Å²) in [5.74, 6) is 1.02. The van der Waals surface area contributed by atoms with Crippen LogP contribution in [0.4, 0.5) is 0 Å². The summed E-state index contributed by atoms with van der Waals surface area (Å²) in [5.41, 5.74) is 2.58. The molecule has 0 aliphatic carbocycles. The summed E-state index contributed by atoms with van der Waals surface area (Å²) in [7, 11) is 0. The average Bonchev–Trinajstić information content (AvgIpc) is 2.86. The van der Waals surface area contributed by atoms with E-state index < -0.39 is 0 Å². The van der Waals surface area contributed by atoms with E-state index in [0.717, 1.165) is 22.5 Å². The lowest BCUT2D eigenvalue weighted by Crippen LogP contribution is -2.28. The van der Waals surface area contributed by atoms with Crippen molar-refractivity contribution >= 4 is 27.3 Å². The summed E-state index contributed by atoms with van der Waals surface area (Å²) < 4.78 is 7.37. The van der Waals surface area contributed by atoms with Crippen LogP contribution in [0.1, 0.15) is 41.5 Å². The molecule has 2 atom stereocenters. The minimum absolute atomic E-state index is 0.144. The van der Waals surface area contributed by atoms with Gasteiger partial charge in [0.25, 0.3) is 0 Å². The topological polar surface area (TPSA) is 21.3 Å². The molecule has 1 aromatic heterocycles. The smallest absolute Gasteiger partial charge is 0.135 e. The highest BCUT2D eigenvalue weighted by Crippen LogP contribution is 2.43. The van der Waals surface area contributed by atoms with E-state index in [2.05, 4.69) is 65.4 Å². The van der Waals surface area contributed by atoms with Gasteiger partial charge in [0.15, 0.2) is 0 Å². The number of nitrogens with one attached hydrogen (secondary N) is 1. The van der Waals surface area contributed by atoms with Gasteiger partial charge in [0.05, 0.1) is 3.79 Å². The third-order valence-corrected chi connectivity index (χ3v) is 5.34. The highest BCUT2D eigenvalue weighted by Gasteiger charge is 2.29. The molecule has 106 valence electrons. The fourth-order valence-corrected chi connectivity index (χ4v) is 4.17. The van der Waals surface area contributed by atoms with Gasteiger partial charge >= 0.3 is 0 Å². The lowest BCUT2D eigenvalue weighted by molar-refractivity contribution is 0.155. The summed E-state index contributed by atoms with van der Waals surface area (Å²) >= 11 is 5.29. The van der Waals surface area contributed by atoms with Crippen LogP contribution in [-0.4, -0.2) is 6.54 Å². The molecule has 3 rings (SSSR count). The number of fused-ring (bicyclic) bond motifs is 1. The molecule has 0 saturated heterocycles. The Morgan fingerprint density at radius 3 is 2.90 bits per heavy atom. The van der Waals surface area contributed by atoms with Crippen LogP contribution in [0.15, 0.2) is 34.1 Å². The monoisotopic (exact) mass is 351 g/mol. The lowest BCUT2D eigenvalue weighted by Gasteiger charge is -2.32. The number of benzene rings is 1. The van der Waals surface area contributed by atoms with Gasteiger partial charge in [0, 0.05) is 22.9 Å². The normalized spacial score (nSPS) is 21.4. The van der Waals surface area contributed by atoms with Crippen molar-refractivity contribution < 1.29 is 4.74 Å². The third kappa shape index (κ3) is 2.78. The molecule has 2 heterocycles. The summed E-state index contributed by atoms with van der Waals surface area (Å²) in [6, 6.07) is 11.1. The standard InChI is InChI=1S/C16H18BrNOS/c1-3-18-12-9-14(15-6-7-16(17)20-15)19-13-5-4-10(2)8-11(12)13/h4-8,12,14,18H,3,9H2,1-2H3. The molecule has 2 nitrogen and oxygen atoms in total. The van der Waals surface area contributed by atoms with Crippen molar-refractivity contribution in [2.75, 3.05) is 6.54 Å². The Hall–Kier alpha value is -0.840. The van der Waals surface area contributed by atoms with E-state index in [1.807, 2.05) is 0 Å². The maximum atomic E-state index is 6.21. The van der Waals surface area contributed by atoms with Gasteiger partial charge in [0.2, 0.25) is 0 Å². The molecule has 0 saturated carbocycles. The van der Waals surface area contributed by atoms with Gasteiger partial charge in [0.1, 0.15) is 11.9 Å². The molecule has 20 heavy (non-hydrogen) atoms. The van der Waals surface area contributed by atoms with E-state index in [9.17, 15) is 0 Å². The van der Waals surface area contributed by atoms with Gasteiger partial charge in [-0.2, -0.15) is 0 Å². The Kier molecular flexibility index (Phi) is 4.15. The molecule has 1 aliphatic rings. The minimum Gasteiger partial charge on any atom is -0.484 e. The predicted molar refractivity (Wildman–Crippen MR) is 87.6 cm³/mol. The van der Waals surface area contributed by atoms with E-state index in [-0.39, 0.29) is 6.10 Å². The first-order valence-corrected chi connectivity index (χ1v) is 8.54. The summed E-state index contributed by atoms with van der Waals surface area (Å²) in [6.07, 6.45) is 1.13. The molecule has 1 N–H and O–H groups in total. The molecule has 1 aliphatic heterocycles. The van der Waals surface area contributed by atoms with Crippen LogP contribution in [0.25, 0.3) is 0 Å². The molecular formula is C16H18BrNOS. The first kappa shape index (κ1) is 14.1.